The van der Waals surface area contributed by atoms with E-state index in [9.17, 15) is 4.79 Å². The summed E-state index contributed by atoms with van der Waals surface area (Å²) in [7, 11) is 0. The first-order chi connectivity index (χ1) is 11.1. The molecule has 0 aromatic heterocycles. The Bertz CT molecular complexity index is 664. The van der Waals surface area contributed by atoms with Crippen molar-refractivity contribution in [3.8, 4) is 0 Å². The van der Waals surface area contributed by atoms with Crippen LogP contribution in [0.4, 0.5) is 0 Å². The number of ketones is 1. The smallest absolute Gasteiger partial charge is 0.184 e. The molecule has 0 spiro atoms. The minimum Gasteiger partial charge on any atom is -0.379 e. The number of benzene rings is 2. The second-order valence-electron chi connectivity index (χ2n) is 5.47. The van der Waals surface area contributed by atoms with Crippen LogP contribution in [0.3, 0.4) is 0 Å². The Balaban J connectivity index is 1.94. The van der Waals surface area contributed by atoms with Crippen LogP contribution in [0.15, 0.2) is 48.5 Å². The molecule has 1 aliphatic rings. The highest BCUT2D eigenvalue weighted by molar-refractivity contribution is 6.31. The first-order valence-electron chi connectivity index (χ1n) is 7.52. The van der Waals surface area contributed by atoms with Gasteiger partial charge in [0.15, 0.2) is 5.78 Å². The Kier molecular flexibility index (Phi) is 5.34. The molecule has 0 aliphatic carbocycles. The molecule has 1 unspecified atom stereocenters. The van der Waals surface area contributed by atoms with E-state index in [0.717, 1.165) is 18.7 Å². The number of carbonyl (C=O) groups is 1. The molecule has 0 amide bonds. The van der Waals surface area contributed by atoms with E-state index in [0.29, 0.717) is 28.8 Å². The molecular weight excluding hydrogens is 333 g/mol. The average Bonchev–Trinajstić information content (AvgIpc) is 2.58. The zero-order valence-electron chi connectivity index (χ0n) is 12.5. The summed E-state index contributed by atoms with van der Waals surface area (Å²) in [6.07, 6.45) is 0. The molecule has 2 aromatic rings. The van der Waals surface area contributed by atoms with Gasteiger partial charge in [-0.3, -0.25) is 9.69 Å². The molecule has 2 aromatic carbocycles. The summed E-state index contributed by atoms with van der Waals surface area (Å²) in [5.41, 5.74) is 1.59. The Morgan fingerprint density at radius 3 is 2.00 bits per heavy atom. The molecule has 1 fully saturated rings. The number of nitrogens with zero attached hydrogens (tertiary/aromatic N) is 1. The van der Waals surface area contributed by atoms with E-state index in [1.54, 1.807) is 24.3 Å². The summed E-state index contributed by atoms with van der Waals surface area (Å²) in [5.74, 6) is 0.0610. The number of morpholine rings is 1. The molecule has 3 nitrogen and oxygen atoms in total. The molecule has 120 valence electrons. The van der Waals surface area contributed by atoms with Crippen LogP contribution in [-0.2, 0) is 4.74 Å². The Morgan fingerprint density at radius 1 is 0.913 bits per heavy atom. The van der Waals surface area contributed by atoms with Crippen molar-refractivity contribution in [1.82, 2.24) is 4.90 Å². The summed E-state index contributed by atoms with van der Waals surface area (Å²) in [6.45, 7) is 2.73. The molecule has 0 bridgehead atoms. The first kappa shape index (κ1) is 16.5. The van der Waals surface area contributed by atoms with Gasteiger partial charge in [0.2, 0.25) is 0 Å². The largest absolute Gasteiger partial charge is 0.379 e. The summed E-state index contributed by atoms with van der Waals surface area (Å²) in [5, 5.41) is 1.28. The van der Waals surface area contributed by atoms with Gasteiger partial charge in [0, 0.05) is 28.7 Å². The van der Waals surface area contributed by atoms with E-state index < -0.39 is 0 Å². The summed E-state index contributed by atoms with van der Waals surface area (Å²) < 4.78 is 5.41. The summed E-state index contributed by atoms with van der Waals surface area (Å²) >= 11 is 11.9. The third kappa shape index (κ3) is 3.93. The Morgan fingerprint density at radius 2 is 1.43 bits per heavy atom. The highest BCUT2D eigenvalue weighted by Crippen LogP contribution is 2.27. The van der Waals surface area contributed by atoms with Crippen LogP contribution in [-0.4, -0.2) is 37.0 Å². The molecule has 5 heteroatoms. The van der Waals surface area contributed by atoms with E-state index in [4.69, 9.17) is 27.9 Å². The van der Waals surface area contributed by atoms with Crippen molar-refractivity contribution < 1.29 is 9.53 Å². The van der Waals surface area contributed by atoms with Crippen LogP contribution in [0.5, 0.6) is 0 Å². The third-order valence-corrected chi connectivity index (χ3v) is 4.48. The number of hydrogen-bond acceptors (Lipinski definition) is 3. The Hall–Kier alpha value is -1.39. The number of Topliss-reactive ketones (excluding diaryl/α,β-unsaturated/α-hetero) is 1. The first-order valence-corrected chi connectivity index (χ1v) is 8.28. The molecule has 1 atom stereocenters. The van der Waals surface area contributed by atoms with E-state index >= 15 is 0 Å². The predicted octanol–water partition coefficient (Wildman–Crippen LogP) is 4.25. The molecule has 3 rings (SSSR count). The highest BCUT2D eigenvalue weighted by atomic mass is 35.5. The topological polar surface area (TPSA) is 29.5 Å². The van der Waals surface area contributed by atoms with Crippen LogP contribution in [0.1, 0.15) is 22.0 Å². The minimum atomic E-state index is -0.336. The molecule has 0 N–H and O–H groups in total. The monoisotopic (exact) mass is 349 g/mol. The van der Waals surface area contributed by atoms with Crippen LogP contribution in [0.25, 0.3) is 0 Å². The van der Waals surface area contributed by atoms with Gasteiger partial charge in [-0.2, -0.15) is 0 Å². The van der Waals surface area contributed by atoms with Gasteiger partial charge in [0.25, 0.3) is 0 Å². The normalized spacial score (nSPS) is 17.0. The minimum absolute atomic E-state index is 0.0610. The SMILES string of the molecule is O=C(c1ccc(Cl)cc1)C(c1ccc(Cl)cc1)N1CCOCC1. The maximum Gasteiger partial charge on any atom is 0.184 e. The molecule has 1 aliphatic heterocycles. The standard InChI is InChI=1S/C18H17Cl2NO2/c19-15-5-1-13(2-6-15)17(21-9-11-23-12-10-21)18(22)14-3-7-16(20)8-4-14/h1-8,17H,9-12H2. The van der Waals surface area contributed by atoms with Crippen molar-refractivity contribution in [1.29, 1.82) is 0 Å². The van der Waals surface area contributed by atoms with Crippen molar-refractivity contribution in [2.75, 3.05) is 26.3 Å². The van der Waals surface area contributed by atoms with Gasteiger partial charge in [-0.15, -0.1) is 0 Å². The number of ether oxygens (including phenoxy) is 1. The maximum absolute atomic E-state index is 13.1. The molecule has 0 saturated carbocycles. The van der Waals surface area contributed by atoms with Crippen LogP contribution in [0, 0.1) is 0 Å². The van der Waals surface area contributed by atoms with Crippen LogP contribution in [0.2, 0.25) is 10.0 Å². The number of carbonyl (C=O) groups excluding carboxylic acids is 1. The molecular formula is C18H17Cl2NO2. The quantitative estimate of drug-likeness (QED) is 0.772. The van der Waals surface area contributed by atoms with E-state index in [1.807, 2.05) is 24.3 Å². The average molecular weight is 350 g/mol. The molecule has 0 radical (unpaired) electrons. The third-order valence-electron chi connectivity index (χ3n) is 3.97. The maximum atomic E-state index is 13.1. The fraction of sp³-hybridized carbons (Fsp3) is 0.278. The lowest BCUT2D eigenvalue weighted by molar-refractivity contribution is 0.0172. The number of rotatable bonds is 4. The van der Waals surface area contributed by atoms with Crippen molar-refractivity contribution in [2.24, 2.45) is 0 Å². The van der Waals surface area contributed by atoms with E-state index in [1.165, 1.54) is 0 Å². The van der Waals surface area contributed by atoms with Gasteiger partial charge in [0.1, 0.15) is 0 Å². The van der Waals surface area contributed by atoms with Crippen LogP contribution >= 0.6 is 23.2 Å². The highest BCUT2D eigenvalue weighted by Gasteiger charge is 2.29. The number of hydrogen-bond donors (Lipinski definition) is 0. The summed E-state index contributed by atoms with van der Waals surface area (Å²) in [4.78, 5) is 15.2. The van der Waals surface area contributed by atoms with Gasteiger partial charge in [-0.1, -0.05) is 35.3 Å². The van der Waals surface area contributed by atoms with Gasteiger partial charge in [-0.05, 0) is 42.0 Å². The molecule has 23 heavy (non-hydrogen) atoms. The lowest BCUT2D eigenvalue weighted by Gasteiger charge is -2.34. The molecule has 1 saturated heterocycles. The Labute approximate surface area is 145 Å². The zero-order chi connectivity index (χ0) is 16.2. The van der Waals surface area contributed by atoms with E-state index in [-0.39, 0.29) is 11.8 Å². The van der Waals surface area contributed by atoms with Crippen LogP contribution < -0.4 is 0 Å². The predicted molar refractivity (Wildman–Crippen MR) is 92.4 cm³/mol. The van der Waals surface area contributed by atoms with Gasteiger partial charge in [0.05, 0.1) is 19.3 Å². The lowest BCUT2D eigenvalue weighted by atomic mass is 9.95. The fourth-order valence-electron chi connectivity index (χ4n) is 2.78. The lowest BCUT2D eigenvalue weighted by Crippen LogP contribution is -2.42. The van der Waals surface area contributed by atoms with Crippen molar-refractivity contribution in [2.45, 2.75) is 6.04 Å². The number of halogens is 2. The van der Waals surface area contributed by atoms with E-state index in [2.05, 4.69) is 4.90 Å². The van der Waals surface area contributed by atoms with Gasteiger partial charge < -0.3 is 4.74 Å². The van der Waals surface area contributed by atoms with Crippen molar-refractivity contribution in [3.63, 3.8) is 0 Å². The molecule has 1 heterocycles. The van der Waals surface area contributed by atoms with Gasteiger partial charge >= 0.3 is 0 Å². The van der Waals surface area contributed by atoms with Crippen molar-refractivity contribution >= 4 is 29.0 Å². The summed E-state index contributed by atoms with van der Waals surface area (Å²) in [6, 6.07) is 14.2. The second-order valence-corrected chi connectivity index (χ2v) is 6.35. The fourth-order valence-corrected chi connectivity index (χ4v) is 3.03. The second kappa shape index (κ2) is 7.45. The van der Waals surface area contributed by atoms with Crippen molar-refractivity contribution in [3.05, 3.63) is 69.7 Å². The van der Waals surface area contributed by atoms with Gasteiger partial charge in [-0.25, -0.2) is 0 Å². The zero-order valence-corrected chi connectivity index (χ0v) is 14.1.